The van der Waals surface area contributed by atoms with E-state index in [1.54, 1.807) is 7.05 Å². The predicted octanol–water partition coefficient (Wildman–Crippen LogP) is 14.1. The molecule has 0 N–H and O–H groups in total. The summed E-state index contributed by atoms with van der Waals surface area (Å²) >= 11 is 0. The molecule has 5 nitrogen and oxygen atoms in total. The van der Waals surface area contributed by atoms with Gasteiger partial charge < -0.3 is 9.80 Å². The van der Waals surface area contributed by atoms with Crippen molar-refractivity contribution in [3.8, 4) is 22.3 Å². The van der Waals surface area contributed by atoms with Crippen molar-refractivity contribution in [1.82, 2.24) is 4.90 Å². The zero-order valence-corrected chi connectivity index (χ0v) is 36.6. The summed E-state index contributed by atoms with van der Waals surface area (Å²) in [5.41, 5.74) is 18.3. The van der Waals surface area contributed by atoms with Crippen molar-refractivity contribution in [3.63, 3.8) is 0 Å². The summed E-state index contributed by atoms with van der Waals surface area (Å²) in [5, 5.41) is 0. The molecule has 8 aromatic rings. The number of benzene rings is 8. The van der Waals surface area contributed by atoms with Crippen LogP contribution in [0.3, 0.4) is 0 Å². The average Bonchev–Trinajstić information content (AvgIpc) is 3.56. The van der Waals surface area contributed by atoms with Crippen LogP contribution in [0.25, 0.3) is 33.4 Å². The van der Waals surface area contributed by atoms with Gasteiger partial charge in [-0.25, -0.2) is 0 Å². The first kappa shape index (κ1) is 39.1. The highest BCUT2D eigenvalue weighted by molar-refractivity contribution is 6.48. The van der Waals surface area contributed by atoms with Gasteiger partial charge in [0.15, 0.2) is 0 Å². The van der Waals surface area contributed by atoms with Crippen molar-refractivity contribution >= 4 is 57.1 Å². The molecule has 0 unspecified atom stereocenters. The normalized spacial score (nSPS) is 15.7. The van der Waals surface area contributed by atoms with Crippen molar-refractivity contribution in [2.45, 2.75) is 38.5 Å². The van der Waals surface area contributed by atoms with Crippen molar-refractivity contribution in [2.24, 2.45) is 0 Å². The third-order valence-electron chi connectivity index (χ3n) is 13.8. The summed E-state index contributed by atoms with van der Waals surface area (Å²) in [4.78, 5) is 33.4. The molecule has 0 saturated heterocycles. The fraction of sp³-hybridized carbons (Fsp3) is 0.119. The molecule has 0 atom stereocenters. The zero-order valence-electron chi connectivity index (χ0n) is 36.6. The fourth-order valence-corrected chi connectivity index (χ4v) is 10.3. The summed E-state index contributed by atoms with van der Waals surface area (Å²) in [6.07, 6.45) is 0. The number of rotatable bonds is 6. The van der Waals surface area contributed by atoms with Crippen LogP contribution in [0.5, 0.6) is 0 Å². The van der Waals surface area contributed by atoms with Crippen LogP contribution < -0.4 is 9.80 Å². The molecule has 11 rings (SSSR count). The highest BCUT2D eigenvalue weighted by atomic mass is 16.2. The van der Waals surface area contributed by atoms with Gasteiger partial charge in [0.25, 0.3) is 11.8 Å². The molecule has 5 heteroatoms. The molecule has 310 valence electrons. The average molecular weight is 830 g/mol. The van der Waals surface area contributed by atoms with E-state index in [0.717, 1.165) is 33.6 Å². The Morgan fingerprint density at radius 1 is 0.312 bits per heavy atom. The Morgan fingerprint density at radius 3 is 0.828 bits per heavy atom. The first-order valence-electron chi connectivity index (χ1n) is 22.0. The third-order valence-corrected chi connectivity index (χ3v) is 13.8. The molecular formula is C59H47N3O2. The maximum Gasteiger partial charge on any atom is 0.261 e. The molecule has 3 heterocycles. The van der Waals surface area contributed by atoms with Crippen molar-refractivity contribution in [2.75, 3.05) is 16.8 Å². The Bertz CT molecular complexity index is 2880. The molecular weight excluding hydrogens is 783 g/mol. The second kappa shape index (κ2) is 14.7. The molecule has 0 aliphatic carbocycles. The lowest BCUT2D eigenvalue weighted by Crippen LogP contribution is -2.30. The summed E-state index contributed by atoms with van der Waals surface area (Å²) in [5.74, 6) is -0.599. The van der Waals surface area contributed by atoms with Gasteiger partial charge in [0.1, 0.15) is 0 Å². The van der Waals surface area contributed by atoms with E-state index in [1.807, 2.05) is 48.5 Å². The van der Waals surface area contributed by atoms with Gasteiger partial charge in [-0.3, -0.25) is 14.5 Å². The van der Waals surface area contributed by atoms with Crippen LogP contribution in [0.15, 0.2) is 194 Å². The number of likely N-dealkylation sites (N-methyl/N-ethyl adjacent to an activating group) is 1. The maximum atomic E-state index is 13.7. The van der Waals surface area contributed by atoms with Gasteiger partial charge in [-0.05, 0) is 104 Å². The SMILES string of the molecule is CN1C(=O)C(c2ccc(-c3ccc(N4c5ccccc5C(C)(C)c5ccccc54)cc3)cc2)=C(c2ccc(-c3ccc(N4c5ccccc5C(C)(C)c5ccccc54)cc3)cc2)C1=O. The van der Waals surface area contributed by atoms with E-state index < -0.39 is 0 Å². The number of fused-ring (bicyclic) bond motifs is 4. The highest BCUT2D eigenvalue weighted by Gasteiger charge is 2.39. The topological polar surface area (TPSA) is 43.9 Å². The standard InChI is InChI=1S/C59H47N3O2/c1-58(2)46-14-6-10-18-50(46)61(51-19-11-7-15-47(51)58)44-34-30-40(31-35-44)38-22-26-42(27-23-38)54-55(57(64)60(5)56(54)63)43-28-24-39(25-29-43)41-32-36-45(37-33-41)62-52-20-12-8-16-48(52)59(3,4)49-17-9-13-21-53(49)62/h6-37H,1-5H3. The lowest BCUT2D eigenvalue weighted by molar-refractivity contribution is -0.134. The molecule has 0 radical (unpaired) electrons. The predicted molar refractivity (Wildman–Crippen MR) is 262 cm³/mol. The van der Waals surface area contributed by atoms with E-state index in [4.69, 9.17) is 0 Å². The number of imide groups is 1. The largest absolute Gasteiger partial charge is 0.310 e. The van der Waals surface area contributed by atoms with E-state index >= 15 is 0 Å². The van der Waals surface area contributed by atoms with E-state index in [0.29, 0.717) is 22.3 Å². The monoisotopic (exact) mass is 829 g/mol. The first-order chi connectivity index (χ1) is 31.0. The number of carbonyl (C=O) groups excluding carboxylic acids is 2. The molecule has 64 heavy (non-hydrogen) atoms. The second-order valence-electron chi connectivity index (χ2n) is 18.2. The van der Waals surface area contributed by atoms with Gasteiger partial charge in [-0.2, -0.15) is 0 Å². The molecule has 0 fully saturated rings. The molecule has 0 bridgehead atoms. The van der Waals surface area contributed by atoms with Gasteiger partial charge in [0, 0.05) is 29.3 Å². The first-order valence-corrected chi connectivity index (χ1v) is 22.0. The van der Waals surface area contributed by atoms with Crippen LogP contribution in [0, 0.1) is 0 Å². The summed E-state index contributed by atoms with van der Waals surface area (Å²) in [6.45, 7) is 9.19. The van der Waals surface area contributed by atoms with Crippen molar-refractivity contribution < 1.29 is 9.59 Å². The number of carbonyl (C=O) groups is 2. The van der Waals surface area contributed by atoms with Crippen LogP contribution in [0.1, 0.15) is 61.1 Å². The van der Waals surface area contributed by atoms with Crippen LogP contribution in [0.4, 0.5) is 34.1 Å². The third kappa shape index (κ3) is 5.99. The Kier molecular flexibility index (Phi) is 8.97. The lowest BCUT2D eigenvalue weighted by Gasteiger charge is -2.42. The minimum Gasteiger partial charge on any atom is -0.310 e. The Balaban J connectivity index is 0.866. The van der Waals surface area contributed by atoms with Crippen LogP contribution in [0.2, 0.25) is 0 Å². The Labute approximate surface area is 375 Å². The Hall–Kier alpha value is -7.76. The van der Waals surface area contributed by atoms with Crippen molar-refractivity contribution in [3.05, 3.63) is 228 Å². The molecule has 0 saturated carbocycles. The summed E-state index contributed by atoms with van der Waals surface area (Å²) < 4.78 is 0. The zero-order chi connectivity index (χ0) is 43.9. The number of anilines is 6. The van der Waals surface area contributed by atoms with E-state index in [-0.39, 0.29) is 22.6 Å². The van der Waals surface area contributed by atoms with E-state index in [2.05, 4.69) is 183 Å². The van der Waals surface area contributed by atoms with Crippen LogP contribution >= 0.6 is 0 Å². The number of hydrogen-bond donors (Lipinski definition) is 0. The molecule has 2 amide bonds. The van der Waals surface area contributed by atoms with Crippen LogP contribution in [-0.4, -0.2) is 23.8 Å². The van der Waals surface area contributed by atoms with Gasteiger partial charge in [-0.1, -0.05) is 173 Å². The van der Waals surface area contributed by atoms with E-state index in [9.17, 15) is 9.59 Å². The number of para-hydroxylation sites is 4. The molecule has 3 aliphatic heterocycles. The van der Waals surface area contributed by atoms with Gasteiger partial charge >= 0.3 is 0 Å². The smallest absolute Gasteiger partial charge is 0.261 e. The molecule has 0 aromatic heterocycles. The number of hydrogen-bond acceptors (Lipinski definition) is 4. The number of nitrogens with zero attached hydrogens (tertiary/aromatic N) is 3. The summed E-state index contributed by atoms with van der Waals surface area (Å²) in [7, 11) is 1.56. The van der Waals surface area contributed by atoms with E-state index in [1.165, 1.54) is 49.9 Å². The fourth-order valence-electron chi connectivity index (χ4n) is 10.3. The van der Waals surface area contributed by atoms with Gasteiger partial charge in [-0.15, -0.1) is 0 Å². The molecule has 8 aromatic carbocycles. The highest BCUT2D eigenvalue weighted by Crippen LogP contribution is 2.53. The Morgan fingerprint density at radius 2 is 0.547 bits per heavy atom. The maximum absolute atomic E-state index is 13.7. The number of amides is 2. The molecule has 0 spiro atoms. The van der Waals surface area contributed by atoms with Crippen molar-refractivity contribution in [1.29, 1.82) is 0 Å². The van der Waals surface area contributed by atoms with Gasteiger partial charge in [0.2, 0.25) is 0 Å². The lowest BCUT2D eigenvalue weighted by atomic mass is 9.73. The minimum atomic E-state index is -0.300. The summed E-state index contributed by atoms with van der Waals surface area (Å²) in [6, 6.07) is 68.0. The van der Waals surface area contributed by atoms with Crippen LogP contribution in [-0.2, 0) is 20.4 Å². The second-order valence-corrected chi connectivity index (χ2v) is 18.2. The van der Waals surface area contributed by atoms with Gasteiger partial charge in [0.05, 0.1) is 33.9 Å². The minimum absolute atomic E-state index is 0.119. The molecule has 3 aliphatic rings. The quantitative estimate of drug-likeness (QED) is 0.157.